The van der Waals surface area contributed by atoms with Crippen molar-refractivity contribution in [3.63, 3.8) is 0 Å². The van der Waals surface area contributed by atoms with Crippen molar-refractivity contribution >= 4 is 17.6 Å². The highest BCUT2D eigenvalue weighted by Gasteiger charge is 2.26. The van der Waals surface area contributed by atoms with E-state index >= 15 is 0 Å². The third kappa shape index (κ3) is 5.90. The quantitative estimate of drug-likeness (QED) is 0.514. The van der Waals surface area contributed by atoms with Crippen molar-refractivity contribution in [3.8, 4) is 0 Å². The molecule has 1 heterocycles. The van der Waals surface area contributed by atoms with Crippen molar-refractivity contribution < 1.29 is 14.3 Å². The van der Waals surface area contributed by atoms with Gasteiger partial charge in [-0.1, -0.05) is 72.8 Å². The Hall–Kier alpha value is -3.48. The highest BCUT2D eigenvalue weighted by molar-refractivity contribution is 6.01. The van der Waals surface area contributed by atoms with Crippen LogP contribution in [0.15, 0.2) is 84.9 Å². The number of anilines is 1. The minimum Gasteiger partial charge on any atom is -0.465 e. The fourth-order valence-electron chi connectivity index (χ4n) is 4.48. The number of nitrogens with one attached hydrogen (secondary N) is 1. The van der Waals surface area contributed by atoms with Crippen molar-refractivity contribution in [2.75, 3.05) is 45.2 Å². The number of piperazine rings is 1. The maximum Gasteiger partial charge on any atom is 0.339 e. The number of hydrogen-bond donors (Lipinski definition) is 1. The van der Waals surface area contributed by atoms with Crippen LogP contribution >= 0.6 is 0 Å². The van der Waals surface area contributed by atoms with Gasteiger partial charge in [-0.15, -0.1) is 0 Å². The molecule has 6 nitrogen and oxygen atoms in total. The lowest BCUT2D eigenvalue weighted by Gasteiger charge is -2.39. The first-order valence-corrected chi connectivity index (χ1v) is 11.7. The number of para-hydroxylation sites is 1. The Kier molecular flexibility index (Phi) is 8.07. The van der Waals surface area contributed by atoms with Gasteiger partial charge in [0.15, 0.2) is 0 Å². The summed E-state index contributed by atoms with van der Waals surface area (Å²) in [7, 11) is 1.33. The number of amides is 1. The molecule has 3 aromatic rings. The van der Waals surface area contributed by atoms with Gasteiger partial charge >= 0.3 is 5.97 Å². The standard InChI is InChI=1S/C28H31N3O3/c1-34-28(33)24-14-8-9-15-25(24)29-26(32)16-17-30-18-20-31(21-19-30)27(22-10-4-2-5-11-22)23-12-6-3-7-13-23/h2-15,27H,16-21H2,1H3,(H,29,32). The van der Waals surface area contributed by atoms with Crippen molar-refractivity contribution in [1.82, 2.24) is 9.80 Å². The van der Waals surface area contributed by atoms with E-state index in [-0.39, 0.29) is 11.9 Å². The maximum atomic E-state index is 12.6. The van der Waals surface area contributed by atoms with Gasteiger partial charge in [-0.05, 0) is 23.3 Å². The summed E-state index contributed by atoms with van der Waals surface area (Å²) in [6, 6.07) is 28.4. The number of benzene rings is 3. The molecule has 1 fully saturated rings. The molecule has 0 radical (unpaired) electrons. The molecule has 1 amide bonds. The predicted molar refractivity (Wildman–Crippen MR) is 134 cm³/mol. The zero-order valence-electron chi connectivity index (χ0n) is 19.5. The Morgan fingerprint density at radius 1 is 0.824 bits per heavy atom. The smallest absolute Gasteiger partial charge is 0.339 e. The Balaban J connectivity index is 1.32. The lowest BCUT2D eigenvalue weighted by atomic mass is 9.96. The zero-order valence-corrected chi connectivity index (χ0v) is 19.5. The van der Waals surface area contributed by atoms with E-state index in [2.05, 4.69) is 75.8 Å². The molecular formula is C28H31N3O3. The van der Waals surface area contributed by atoms with Crippen molar-refractivity contribution in [2.45, 2.75) is 12.5 Å². The van der Waals surface area contributed by atoms with Gasteiger partial charge in [0.25, 0.3) is 0 Å². The van der Waals surface area contributed by atoms with Crippen LogP contribution in [0.3, 0.4) is 0 Å². The first-order chi connectivity index (χ1) is 16.7. The van der Waals surface area contributed by atoms with Crippen molar-refractivity contribution in [2.24, 2.45) is 0 Å². The summed E-state index contributed by atoms with van der Waals surface area (Å²) in [4.78, 5) is 29.3. The molecule has 0 aliphatic carbocycles. The van der Waals surface area contributed by atoms with Gasteiger partial charge in [0.05, 0.1) is 24.4 Å². The number of rotatable bonds is 8. The summed E-state index contributed by atoms with van der Waals surface area (Å²) in [5.41, 5.74) is 3.44. The normalized spacial score (nSPS) is 14.6. The van der Waals surface area contributed by atoms with Crippen LogP contribution in [0.25, 0.3) is 0 Å². The van der Waals surface area contributed by atoms with Crippen LogP contribution in [0.1, 0.15) is 33.9 Å². The van der Waals surface area contributed by atoms with E-state index in [0.717, 1.165) is 26.2 Å². The van der Waals surface area contributed by atoms with Crippen LogP contribution in [0, 0.1) is 0 Å². The molecule has 0 bridgehead atoms. The van der Waals surface area contributed by atoms with Crippen LogP contribution in [0.2, 0.25) is 0 Å². The summed E-state index contributed by atoms with van der Waals surface area (Å²) in [6.07, 6.45) is 0.371. The summed E-state index contributed by atoms with van der Waals surface area (Å²) >= 11 is 0. The molecule has 0 unspecified atom stereocenters. The van der Waals surface area contributed by atoms with Crippen LogP contribution < -0.4 is 5.32 Å². The zero-order chi connectivity index (χ0) is 23.8. The van der Waals surface area contributed by atoms with Crippen LogP contribution in [-0.4, -0.2) is 61.5 Å². The SMILES string of the molecule is COC(=O)c1ccccc1NC(=O)CCN1CCN(C(c2ccccc2)c2ccccc2)CC1. The Bertz CT molecular complexity index is 1040. The fraction of sp³-hybridized carbons (Fsp3) is 0.286. The Labute approximate surface area is 201 Å². The van der Waals surface area contributed by atoms with Crippen LogP contribution in [-0.2, 0) is 9.53 Å². The minimum absolute atomic E-state index is 0.106. The van der Waals surface area contributed by atoms with Gasteiger partial charge in [0, 0.05) is 39.1 Å². The Morgan fingerprint density at radius 2 is 1.38 bits per heavy atom. The van der Waals surface area contributed by atoms with Gasteiger partial charge in [-0.25, -0.2) is 4.79 Å². The number of ether oxygens (including phenoxy) is 1. The average Bonchev–Trinajstić information content (AvgIpc) is 2.89. The lowest BCUT2D eigenvalue weighted by molar-refractivity contribution is -0.116. The highest BCUT2D eigenvalue weighted by atomic mass is 16.5. The summed E-state index contributed by atoms with van der Waals surface area (Å²) in [6.45, 7) is 4.36. The van der Waals surface area contributed by atoms with Gasteiger partial charge in [0.2, 0.25) is 5.91 Å². The molecule has 0 atom stereocenters. The summed E-state index contributed by atoms with van der Waals surface area (Å²) in [5.74, 6) is -0.566. The van der Waals surface area contributed by atoms with E-state index in [1.807, 2.05) is 0 Å². The molecule has 1 saturated heterocycles. The second-order valence-electron chi connectivity index (χ2n) is 8.44. The second-order valence-corrected chi connectivity index (χ2v) is 8.44. The van der Waals surface area contributed by atoms with Crippen LogP contribution in [0.4, 0.5) is 5.69 Å². The van der Waals surface area contributed by atoms with Gasteiger partial charge in [-0.2, -0.15) is 0 Å². The molecule has 0 aromatic heterocycles. The first kappa shape index (κ1) is 23.7. The van der Waals surface area contributed by atoms with Gasteiger partial charge < -0.3 is 15.0 Å². The van der Waals surface area contributed by atoms with E-state index < -0.39 is 5.97 Å². The summed E-state index contributed by atoms with van der Waals surface area (Å²) in [5, 5.41) is 2.86. The minimum atomic E-state index is -0.460. The maximum absolute atomic E-state index is 12.6. The van der Waals surface area contributed by atoms with E-state index in [9.17, 15) is 9.59 Å². The molecule has 34 heavy (non-hydrogen) atoms. The number of carbonyl (C=O) groups is 2. The number of carbonyl (C=O) groups excluding carboxylic acids is 2. The lowest BCUT2D eigenvalue weighted by Crippen LogP contribution is -2.48. The third-order valence-corrected chi connectivity index (χ3v) is 6.26. The van der Waals surface area contributed by atoms with Gasteiger partial charge in [0.1, 0.15) is 0 Å². The van der Waals surface area contributed by atoms with E-state index in [1.54, 1.807) is 24.3 Å². The molecule has 3 aromatic carbocycles. The molecule has 0 saturated carbocycles. The highest BCUT2D eigenvalue weighted by Crippen LogP contribution is 2.29. The summed E-state index contributed by atoms with van der Waals surface area (Å²) < 4.78 is 4.80. The molecule has 6 heteroatoms. The largest absolute Gasteiger partial charge is 0.465 e. The topological polar surface area (TPSA) is 61.9 Å². The predicted octanol–water partition coefficient (Wildman–Crippen LogP) is 4.21. The van der Waals surface area contributed by atoms with Crippen molar-refractivity contribution in [3.05, 3.63) is 102 Å². The van der Waals surface area contributed by atoms with Gasteiger partial charge in [-0.3, -0.25) is 9.69 Å². The average molecular weight is 458 g/mol. The molecule has 176 valence electrons. The second kappa shape index (κ2) is 11.6. The number of methoxy groups -OCH3 is 1. The fourth-order valence-corrected chi connectivity index (χ4v) is 4.48. The molecule has 1 N–H and O–H groups in total. The molecule has 1 aliphatic rings. The number of hydrogen-bond acceptors (Lipinski definition) is 5. The third-order valence-electron chi connectivity index (χ3n) is 6.26. The van der Waals surface area contributed by atoms with Crippen molar-refractivity contribution in [1.29, 1.82) is 0 Å². The molecule has 0 spiro atoms. The van der Waals surface area contributed by atoms with Crippen LogP contribution in [0.5, 0.6) is 0 Å². The molecule has 1 aliphatic heterocycles. The molecular weight excluding hydrogens is 426 g/mol. The molecule has 4 rings (SSSR count). The Morgan fingerprint density at radius 3 is 1.97 bits per heavy atom. The van der Waals surface area contributed by atoms with E-state index in [4.69, 9.17) is 4.74 Å². The number of esters is 1. The number of nitrogens with zero attached hydrogens (tertiary/aromatic N) is 2. The van der Waals surface area contributed by atoms with E-state index in [1.165, 1.54) is 18.2 Å². The monoisotopic (exact) mass is 457 g/mol. The first-order valence-electron chi connectivity index (χ1n) is 11.7. The van der Waals surface area contributed by atoms with E-state index in [0.29, 0.717) is 24.2 Å².